The van der Waals surface area contributed by atoms with Crippen molar-refractivity contribution in [3.63, 3.8) is 0 Å². The van der Waals surface area contributed by atoms with Crippen molar-refractivity contribution in [2.75, 3.05) is 26.2 Å². The molecule has 13 heavy (non-hydrogen) atoms. The fraction of sp³-hybridized carbons (Fsp3) is 1.00. The van der Waals surface area contributed by atoms with E-state index in [1.807, 2.05) is 0 Å². The van der Waals surface area contributed by atoms with Gasteiger partial charge in [-0.3, -0.25) is 0 Å². The Morgan fingerprint density at radius 3 is 2.46 bits per heavy atom. The van der Waals surface area contributed by atoms with E-state index in [4.69, 9.17) is 0 Å². The molecule has 0 saturated carbocycles. The first-order valence-corrected chi connectivity index (χ1v) is 5.40. The van der Waals surface area contributed by atoms with Crippen LogP contribution in [0.3, 0.4) is 0 Å². The van der Waals surface area contributed by atoms with Crippen LogP contribution in [0.5, 0.6) is 0 Å². The fourth-order valence-corrected chi connectivity index (χ4v) is 1.77. The highest BCUT2D eigenvalue weighted by molar-refractivity contribution is 4.80. The van der Waals surface area contributed by atoms with Crippen LogP contribution in [-0.2, 0) is 0 Å². The normalized spacial score (nSPS) is 29.5. The molecule has 2 unspecified atom stereocenters. The molecule has 2 heteroatoms. The maximum atomic E-state index is 3.56. The summed E-state index contributed by atoms with van der Waals surface area (Å²) in [5.41, 5.74) is 0.412. The van der Waals surface area contributed by atoms with Gasteiger partial charge in [0.25, 0.3) is 0 Å². The molecular formula is C11H24N2. The molecule has 2 N–H and O–H groups in total. The first-order chi connectivity index (χ1) is 5.99. The maximum Gasteiger partial charge on any atom is 0.000000196 e. The van der Waals surface area contributed by atoms with Gasteiger partial charge in [-0.05, 0) is 36.9 Å². The van der Waals surface area contributed by atoms with Gasteiger partial charge in [0.05, 0.1) is 0 Å². The monoisotopic (exact) mass is 184 g/mol. The van der Waals surface area contributed by atoms with Crippen LogP contribution in [0.4, 0.5) is 0 Å². The molecule has 0 radical (unpaired) electrons. The minimum Gasteiger partial charge on any atom is -0.316 e. The van der Waals surface area contributed by atoms with Crippen LogP contribution in [0.2, 0.25) is 0 Å². The standard InChI is InChI=1S/C11H24N2/c1-9-5-12-6-10(9)7-13-8-11(2,3)4/h9-10,12-13H,5-8H2,1-4H3. The molecule has 0 aromatic heterocycles. The molecule has 1 fully saturated rings. The number of rotatable bonds is 3. The molecule has 0 aliphatic carbocycles. The Labute approximate surface area is 82.5 Å². The predicted octanol–water partition coefficient (Wildman–Crippen LogP) is 1.48. The van der Waals surface area contributed by atoms with Crippen molar-refractivity contribution in [2.24, 2.45) is 17.3 Å². The van der Waals surface area contributed by atoms with Crippen LogP contribution >= 0.6 is 0 Å². The third-order valence-electron chi connectivity index (χ3n) is 2.74. The molecule has 2 atom stereocenters. The van der Waals surface area contributed by atoms with E-state index < -0.39 is 0 Å². The van der Waals surface area contributed by atoms with Crippen LogP contribution in [0.25, 0.3) is 0 Å². The highest BCUT2D eigenvalue weighted by atomic mass is 15.0. The zero-order valence-corrected chi connectivity index (χ0v) is 9.48. The third-order valence-corrected chi connectivity index (χ3v) is 2.74. The Balaban J connectivity index is 2.12. The van der Waals surface area contributed by atoms with Crippen LogP contribution < -0.4 is 10.6 Å². The lowest BCUT2D eigenvalue weighted by molar-refractivity contribution is 0.344. The van der Waals surface area contributed by atoms with Crippen molar-refractivity contribution >= 4 is 0 Å². The van der Waals surface area contributed by atoms with E-state index >= 15 is 0 Å². The molecule has 0 amide bonds. The van der Waals surface area contributed by atoms with E-state index in [9.17, 15) is 0 Å². The second-order valence-electron chi connectivity index (χ2n) is 5.59. The second kappa shape index (κ2) is 4.43. The summed E-state index contributed by atoms with van der Waals surface area (Å²) in [7, 11) is 0. The molecule has 0 aromatic carbocycles. The van der Waals surface area contributed by atoms with Crippen molar-refractivity contribution < 1.29 is 0 Å². The van der Waals surface area contributed by atoms with Gasteiger partial charge in [0.1, 0.15) is 0 Å². The minimum absolute atomic E-state index is 0.412. The van der Waals surface area contributed by atoms with Gasteiger partial charge in [0.2, 0.25) is 0 Å². The highest BCUT2D eigenvalue weighted by Gasteiger charge is 2.22. The molecule has 1 heterocycles. The molecular weight excluding hydrogens is 160 g/mol. The second-order valence-corrected chi connectivity index (χ2v) is 5.59. The summed E-state index contributed by atoms with van der Waals surface area (Å²) in [5, 5.41) is 6.99. The molecule has 0 spiro atoms. The summed E-state index contributed by atoms with van der Waals surface area (Å²) in [5.74, 6) is 1.68. The number of nitrogens with one attached hydrogen (secondary N) is 2. The van der Waals surface area contributed by atoms with Gasteiger partial charge >= 0.3 is 0 Å². The van der Waals surface area contributed by atoms with Crippen LogP contribution in [0.1, 0.15) is 27.7 Å². The Morgan fingerprint density at radius 1 is 1.31 bits per heavy atom. The molecule has 1 aliphatic rings. The van der Waals surface area contributed by atoms with Crippen LogP contribution in [0, 0.1) is 17.3 Å². The summed E-state index contributed by atoms with van der Waals surface area (Å²) in [4.78, 5) is 0. The summed E-state index contributed by atoms with van der Waals surface area (Å²) in [6.07, 6.45) is 0. The van der Waals surface area contributed by atoms with Crippen molar-refractivity contribution in [1.29, 1.82) is 0 Å². The van der Waals surface area contributed by atoms with Crippen molar-refractivity contribution in [3.8, 4) is 0 Å². The van der Waals surface area contributed by atoms with Crippen LogP contribution in [0.15, 0.2) is 0 Å². The average Bonchev–Trinajstić information content (AvgIpc) is 2.34. The van der Waals surface area contributed by atoms with E-state index in [0.717, 1.165) is 18.4 Å². The van der Waals surface area contributed by atoms with Gasteiger partial charge in [-0.1, -0.05) is 27.7 Å². The first kappa shape index (κ1) is 11.0. The average molecular weight is 184 g/mol. The lowest BCUT2D eigenvalue weighted by atomic mass is 9.95. The van der Waals surface area contributed by atoms with E-state index in [-0.39, 0.29) is 0 Å². The molecule has 0 bridgehead atoms. The van der Waals surface area contributed by atoms with Crippen LogP contribution in [-0.4, -0.2) is 26.2 Å². The third kappa shape index (κ3) is 4.10. The van der Waals surface area contributed by atoms with Gasteiger partial charge in [-0.15, -0.1) is 0 Å². The summed E-state index contributed by atoms with van der Waals surface area (Å²) in [6.45, 7) is 13.8. The van der Waals surface area contributed by atoms with E-state index in [1.54, 1.807) is 0 Å². The van der Waals surface area contributed by atoms with Gasteiger partial charge in [0, 0.05) is 6.54 Å². The molecule has 78 valence electrons. The lowest BCUT2D eigenvalue weighted by Gasteiger charge is -2.21. The van der Waals surface area contributed by atoms with Crippen molar-refractivity contribution in [1.82, 2.24) is 10.6 Å². The van der Waals surface area contributed by atoms with Gasteiger partial charge in [-0.2, -0.15) is 0 Å². The Morgan fingerprint density at radius 2 is 2.00 bits per heavy atom. The Kier molecular flexibility index (Phi) is 3.74. The summed E-state index contributed by atoms with van der Waals surface area (Å²) >= 11 is 0. The molecule has 1 rings (SSSR count). The minimum atomic E-state index is 0.412. The topological polar surface area (TPSA) is 24.1 Å². The SMILES string of the molecule is CC1CNCC1CNCC(C)(C)C. The predicted molar refractivity (Wildman–Crippen MR) is 57.8 cm³/mol. The molecule has 1 aliphatic heterocycles. The summed E-state index contributed by atoms with van der Waals surface area (Å²) < 4.78 is 0. The number of hydrogen-bond donors (Lipinski definition) is 2. The van der Waals surface area contributed by atoms with E-state index in [2.05, 4.69) is 38.3 Å². The number of hydrogen-bond acceptors (Lipinski definition) is 2. The lowest BCUT2D eigenvalue weighted by Crippen LogP contribution is -2.33. The highest BCUT2D eigenvalue weighted by Crippen LogP contribution is 2.15. The first-order valence-electron chi connectivity index (χ1n) is 5.40. The molecule has 1 saturated heterocycles. The van der Waals surface area contributed by atoms with Gasteiger partial charge in [-0.25, -0.2) is 0 Å². The quantitative estimate of drug-likeness (QED) is 0.694. The van der Waals surface area contributed by atoms with Crippen molar-refractivity contribution in [3.05, 3.63) is 0 Å². The largest absolute Gasteiger partial charge is 0.316 e. The Bertz CT molecular complexity index is 149. The van der Waals surface area contributed by atoms with Crippen molar-refractivity contribution in [2.45, 2.75) is 27.7 Å². The zero-order chi connectivity index (χ0) is 9.90. The summed E-state index contributed by atoms with van der Waals surface area (Å²) in [6, 6.07) is 0. The van der Waals surface area contributed by atoms with E-state index in [1.165, 1.54) is 19.6 Å². The smallest absolute Gasteiger partial charge is 0.000000196 e. The Hall–Kier alpha value is -0.0800. The van der Waals surface area contributed by atoms with Gasteiger partial charge in [0.15, 0.2) is 0 Å². The molecule has 0 aromatic rings. The fourth-order valence-electron chi connectivity index (χ4n) is 1.77. The maximum absolute atomic E-state index is 3.56. The van der Waals surface area contributed by atoms with E-state index in [0.29, 0.717) is 5.41 Å². The zero-order valence-electron chi connectivity index (χ0n) is 9.48. The van der Waals surface area contributed by atoms with Gasteiger partial charge < -0.3 is 10.6 Å². The molecule has 2 nitrogen and oxygen atoms in total.